The molecule has 0 amide bonds. The molecule has 7 aromatic rings. The van der Waals surface area contributed by atoms with Crippen molar-refractivity contribution >= 4 is 43.7 Å². The fourth-order valence-electron chi connectivity index (χ4n) is 4.33. The molecule has 0 radical (unpaired) electrons. The van der Waals surface area contributed by atoms with Crippen molar-refractivity contribution in [1.82, 2.24) is 9.97 Å². The van der Waals surface area contributed by atoms with Gasteiger partial charge in [0, 0.05) is 11.1 Å². The Bertz CT molecular complexity index is 1590. The van der Waals surface area contributed by atoms with E-state index in [9.17, 15) is 0 Å². The zero-order valence-electron chi connectivity index (χ0n) is 16.9. The van der Waals surface area contributed by atoms with Gasteiger partial charge in [0.05, 0.1) is 0 Å². The number of aromatic nitrogens is 2. The zero-order chi connectivity index (χ0) is 21.1. The minimum Gasteiger partial charge on any atom is -0.436 e. The van der Waals surface area contributed by atoms with Crippen LogP contribution in [0.4, 0.5) is 0 Å². The highest BCUT2D eigenvalue weighted by atomic mass is 16.4. The van der Waals surface area contributed by atoms with E-state index in [-0.39, 0.29) is 0 Å². The van der Waals surface area contributed by atoms with Crippen LogP contribution < -0.4 is 0 Å². The number of hydrogen-bond acceptors (Lipinski definition) is 4. The van der Waals surface area contributed by atoms with Crippen LogP contribution in [0.15, 0.2) is 106 Å². The molecule has 0 atom stereocenters. The third-order valence-electron chi connectivity index (χ3n) is 5.92. The summed E-state index contributed by atoms with van der Waals surface area (Å²) in [6.07, 6.45) is 0. The van der Waals surface area contributed by atoms with Gasteiger partial charge >= 0.3 is 0 Å². The van der Waals surface area contributed by atoms with Crippen LogP contribution in [0.1, 0.15) is 0 Å². The average Bonchev–Trinajstić information content (AvgIpc) is 3.47. The van der Waals surface area contributed by atoms with Gasteiger partial charge in [-0.15, -0.1) is 0 Å². The van der Waals surface area contributed by atoms with E-state index in [0.717, 1.165) is 44.1 Å². The Morgan fingerprint density at radius 3 is 1.41 bits per heavy atom. The molecule has 2 heterocycles. The summed E-state index contributed by atoms with van der Waals surface area (Å²) >= 11 is 0. The fourth-order valence-corrected chi connectivity index (χ4v) is 4.33. The monoisotopic (exact) mass is 412 g/mol. The molecule has 5 aromatic carbocycles. The second kappa shape index (κ2) is 6.53. The van der Waals surface area contributed by atoms with Crippen molar-refractivity contribution in [2.45, 2.75) is 0 Å². The molecule has 4 nitrogen and oxygen atoms in total. The Kier molecular flexibility index (Phi) is 3.52. The van der Waals surface area contributed by atoms with Crippen LogP contribution in [0, 0.1) is 0 Å². The Balaban J connectivity index is 1.34. The summed E-state index contributed by atoms with van der Waals surface area (Å²) in [5.74, 6) is 1.28. The number of rotatable bonds is 2. The molecule has 0 aliphatic heterocycles. The van der Waals surface area contributed by atoms with Crippen LogP contribution >= 0.6 is 0 Å². The lowest BCUT2D eigenvalue weighted by Crippen LogP contribution is -1.83. The van der Waals surface area contributed by atoms with Gasteiger partial charge in [-0.1, -0.05) is 48.5 Å². The molecule has 0 saturated heterocycles. The lowest BCUT2D eigenvalue weighted by Gasteiger charge is -2.06. The minimum atomic E-state index is 0.638. The molecule has 2 aromatic heterocycles. The van der Waals surface area contributed by atoms with Gasteiger partial charge in [-0.25, -0.2) is 9.97 Å². The molecule has 32 heavy (non-hydrogen) atoms. The highest BCUT2D eigenvalue weighted by Gasteiger charge is 2.12. The number of oxazole rings is 2. The van der Waals surface area contributed by atoms with E-state index >= 15 is 0 Å². The standard InChI is InChI=1S/C28H16N2O2/c1-3-7-25-23(5-1)29-27(31-25)19-11-13-21-17(15-19)9-10-18-16-20(12-14-22(18)21)28-30-24-6-2-4-8-26(24)32-28/h1-16H. The maximum atomic E-state index is 5.95. The van der Waals surface area contributed by atoms with Crippen LogP contribution in [0.3, 0.4) is 0 Å². The van der Waals surface area contributed by atoms with Crippen molar-refractivity contribution in [1.29, 1.82) is 0 Å². The van der Waals surface area contributed by atoms with E-state index in [1.165, 1.54) is 10.8 Å². The summed E-state index contributed by atoms with van der Waals surface area (Å²) in [6, 6.07) is 32.6. The molecule has 0 aliphatic rings. The number of fused-ring (bicyclic) bond motifs is 5. The molecule has 0 bridgehead atoms. The topological polar surface area (TPSA) is 52.1 Å². The number of benzene rings is 5. The van der Waals surface area contributed by atoms with E-state index in [2.05, 4.69) is 58.5 Å². The Labute approximate surface area is 182 Å². The Hall–Kier alpha value is -4.44. The molecule has 0 N–H and O–H groups in total. The molecular weight excluding hydrogens is 396 g/mol. The third-order valence-corrected chi connectivity index (χ3v) is 5.92. The van der Waals surface area contributed by atoms with Gasteiger partial charge in [0.15, 0.2) is 11.2 Å². The van der Waals surface area contributed by atoms with Gasteiger partial charge in [-0.3, -0.25) is 0 Å². The van der Waals surface area contributed by atoms with Crippen LogP contribution in [-0.2, 0) is 0 Å². The van der Waals surface area contributed by atoms with Gasteiger partial charge in [-0.05, 0) is 70.1 Å². The Morgan fingerprint density at radius 2 is 0.938 bits per heavy atom. The quantitative estimate of drug-likeness (QED) is 0.274. The number of nitrogens with zero attached hydrogens (tertiary/aromatic N) is 2. The largest absolute Gasteiger partial charge is 0.436 e. The first-order valence-electron chi connectivity index (χ1n) is 10.5. The van der Waals surface area contributed by atoms with Crippen LogP contribution in [0.25, 0.3) is 66.7 Å². The molecule has 0 unspecified atom stereocenters. The van der Waals surface area contributed by atoms with Gasteiger partial charge < -0.3 is 8.83 Å². The van der Waals surface area contributed by atoms with Gasteiger partial charge in [0.25, 0.3) is 0 Å². The van der Waals surface area contributed by atoms with Gasteiger partial charge in [-0.2, -0.15) is 0 Å². The van der Waals surface area contributed by atoms with Crippen molar-refractivity contribution in [3.8, 4) is 22.9 Å². The lowest BCUT2D eigenvalue weighted by atomic mass is 9.98. The highest BCUT2D eigenvalue weighted by molar-refractivity contribution is 6.09. The van der Waals surface area contributed by atoms with Gasteiger partial charge in [0.1, 0.15) is 11.0 Å². The second-order valence-corrected chi connectivity index (χ2v) is 7.91. The minimum absolute atomic E-state index is 0.638. The average molecular weight is 412 g/mol. The summed E-state index contributed by atoms with van der Waals surface area (Å²) in [6.45, 7) is 0. The van der Waals surface area contributed by atoms with Crippen LogP contribution in [0.5, 0.6) is 0 Å². The van der Waals surface area contributed by atoms with Crippen molar-refractivity contribution in [2.24, 2.45) is 0 Å². The van der Waals surface area contributed by atoms with E-state index in [4.69, 9.17) is 8.83 Å². The highest BCUT2D eigenvalue weighted by Crippen LogP contribution is 2.33. The second-order valence-electron chi connectivity index (χ2n) is 7.91. The first-order chi connectivity index (χ1) is 15.8. The molecule has 0 aliphatic carbocycles. The molecule has 7 rings (SSSR count). The summed E-state index contributed by atoms with van der Waals surface area (Å²) in [5.41, 5.74) is 5.27. The van der Waals surface area contributed by atoms with Crippen LogP contribution in [0.2, 0.25) is 0 Å². The first-order valence-corrected chi connectivity index (χ1v) is 10.5. The number of hydrogen-bond donors (Lipinski definition) is 0. The summed E-state index contributed by atoms with van der Waals surface area (Å²) in [5, 5.41) is 4.66. The predicted octanol–water partition coefficient (Wildman–Crippen LogP) is 7.61. The van der Waals surface area contributed by atoms with Gasteiger partial charge in [0.2, 0.25) is 11.8 Å². The molecule has 0 fully saturated rings. The normalized spacial score (nSPS) is 11.8. The maximum Gasteiger partial charge on any atom is 0.227 e. The van der Waals surface area contributed by atoms with Crippen molar-refractivity contribution in [3.05, 3.63) is 97.1 Å². The van der Waals surface area contributed by atoms with E-state index in [1.807, 2.05) is 48.5 Å². The summed E-state index contributed by atoms with van der Waals surface area (Å²) < 4.78 is 11.9. The first kappa shape index (κ1) is 17.3. The smallest absolute Gasteiger partial charge is 0.227 e. The maximum absolute atomic E-state index is 5.95. The van der Waals surface area contributed by atoms with Crippen molar-refractivity contribution in [3.63, 3.8) is 0 Å². The van der Waals surface area contributed by atoms with E-state index in [0.29, 0.717) is 11.8 Å². The van der Waals surface area contributed by atoms with E-state index < -0.39 is 0 Å². The SMILES string of the molecule is c1ccc2oc(-c3ccc4c(ccc5cc(-c6nc7ccccc7o6)ccc54)c3)nc2c1. The van der Waals surface area contributed by atoms with Crippen LogP contribution in [-0.4, -0.2) is 9.97 Å². The predicted molar refractivity (Wildman–Crippen MR) is 127 cm³/mol. The molecule has 150 valence electrons. The fraction of sp³-hybridized carbons (Fsp3) is 0. The lowest BCUT2D eigenvalue weighted by molar-refractivity contribution is 0.619. The Morgan fingerprint density at radius 1 is 0.469 bits per heavy atom. The molecular formula is C28H16N2O2. The summed E-state index contributed by atoms with van der Waals surface area (Å²) in [7, 11) is 0. The van der Waals surface area contributed by atoms with Crippen molar-refractivity contribution < 1.29 is 8.83 Å². The molecule has 0 saturated carbocycles. The third kappa shape index (κ3) is 2.63. The zero-order valence-corrected chi connectivity index (χ0v) is 16.9. The molecule has 4 heteroatoms. The number of para-hydroxylation sites is 4. The summed E-state index contributed by atoms with van der Waals surface area (Å²) in [4.78, 5) is 9.26. The van der Waals surface area contributed by atoms with Crippen molar-refractivity contribution in [2.75, 3.05) is 0 Å². The molecule has 0 spiro atoms. The van der Waals surface area contributed by atoms with E-state index in [1.54, 1.807) is 0 Å².